The summed E-state index contributed by atoms with van der Waals surface area (Å²) in [6.45, 7) is 5.57. The van der Waals surface area contributed by atoms with E-state index in [0.717, 1.165) is 25.7 Å². The summed E-state index contributed by atoms with van der Waals surface area (Å²) in [6.07, 6.45) is 7.59. The molecule has 0 aromatic rings. The van der Waals surface area contributed by atoms with Crippen molar-refractivity contribution in [1.82, 2.24) is 5.32 Å². The molecule has 128 valence electrons. The molecule has 1 unspecified atom stereocenters. The molecular weight excluding hydrogens is 282 g/mol. The van der Waals surface area contributed by atoms with Crippen LogP contribution in [0.15, 0.2) is 0 Å². The normalized spacial score (nSPS) is 18.5. The minimum Gasteiger partial charge on any atom is -0.481 e. The lowest BCUT2D eigenvalue weighted by molar-refractivity contribution is -0.142. The van der Waals surface area contributed by atoms with Gasteiger partial charge in [0.15, 0.2) is 0 Å². The zero-order valence-electron chi connectivity index (χ0n) is 14.2. The van der Waals surface area contributed by atoms with Crippen molar-refractivity contribution >= 4 is 11.9 Å². The summed E-state index contributed by atoms with van der Waals surface area (Å²) in [5, 5.41) is 12.0. The molecule has 5 nitrogen and oxygen atoms in total. The highest BCUT2D eigenvalue weighted by atomic mass is 16.5. The highest BCUT2D eigenvalue weighted by Crippen LogP contribution is 2.23. The Balaban J connectivity index is 2.58. The Morgan fingerprint density at radius 2 is 1.73 bits per heavy atom. The number of aliphatic carboxylic acids is 1. The van der Waals surface area contributed by atoms with E-state index in [4.69, 9.17) is 9.84 Å². The molecule has 0 heterocycles. The van der Waals surface area contributed by atoms with E-state index in [1.807, 2.05) is 13.8 Å². The Labute approximate surface area is 133 Å². The van der Waals surface area contributed by atoms with Crippen LogP contribution in [0, 0.1) is 0 Å². The van der Waals surface area contributed by atoms with Crippen LogP contribution in [-0.2, 0) is 14.3 Å². The van der Waals surface area contributed by atoms with Gasteiger partial charge in [-0.05, 0) is 32.6 Å². The number of hydrogen-bond acceptors (Lipinski definition) is 3. The van der Waals surface area contributed by atoms with Crippen LogP contribution in [0.2, 0.25) is 0 Å². The quantitative estimate of drug-likeness (QED) is 0.674. The van der Waals surface area contributed by atoms with Crippen molar-refractivity contribution in [2.75, 3.05) is 0 Å². The molecule has 1 fully saturated rings. The maximum Gasteiger partial charge on any atom is 0.305 e. The monoisotopic (exact) mass is 313 g/mol. The standard InChI is InChI=1S/C17H31NO4/c1-4-17(5-2,12-15(19)20)18-16(21)13(3)22-14-10-8-6-7-9-11-14/h13-14H,4-12H2,1-3H3,(H,18,21)(H,19,20). The number of carbonyl (C=O) groups is 2. The SMILES string of the molecule is CCC(CC)(CC(=O)O)NC(=O)C(C)OC1CCCCCC1. The largest absolute Gasteiger partial charge is 0.481 e. The molecular formula is C17H31NO4. The van der Waals surface area contributed by atoms with E-state index in [-0.39, 0.29) is 18.4 Å². The Kier molecular flexibility index (Phi) is 7.87. The van der Waals surface area contributed by atoms with Gasteiger partial charge in [0.25, 0.3) is 0 Å². The van der Waals surface area contributed by atoms with Gasteiger partial charge in [-0.15, -0.1) is 0 Å². The second-order valence-corrected chi connectivity index (χ2v) is 6.44. The summed E-state index contributed by atoms with van der Waals surface area (Å²) in [5.41, 5.74) is -0.677. The summed E-state index contributed by atoms with van der Waals surface area (Å²) < 4.78 is 5.91. The Bertz CT molecular complexity index is 358. The molecule has 2 N–H and O–H groups in total. The van der Waals surface area contributed by atoms with Crippen molar-refractivity contribution in [1.29, 1.82) is 0 Å². The predicted octanol–water partition coefficient (Wildman–Crippen LogP) is 3.26. The Hall–Kier alpha value is -1.10. The van der Waals surface area contributed by atoms with Crippen molar-refractivity contribution < 1.29 is 19.4 Å². The summed E-state index contributed by atoms with van der Waals surface area (Å²) in [5.74, 6) is -1.09. The average Bonchev–Trinajstić information content (AvgIpc) is 2.74. The van der Waals surface area contributed by atoms with E-state index in [9.17, 15) is 9.59 Å². The van der Waals surface area contributed by atoms with Crippen LogP contribution in [-0.4, -0.2) is 34.7 Å². The fraction of sp³-hybridized carbons (Fsp3) is 0.882. The molecule has 0 aromatic heterocycles. The third kappa shape index (κ3) is 5.95. The highest BCUT2D eigenvalue weighted by molar-refractivity contribution is 5.82. The van der Waals surface area contributed by atoms with Gasteiger partial charge in [0.05, 0.1) is 18.1 Å². The lowest BCUT2D eigenvalue weighted by Gasteiger charge is -2.33. The second kappa shape index (κ2) is 9.13. The number of rotatable bonds is 8. The van der Waals surface area contributed by atoms with E-state index in [2.05, 4.69) is 5.32 Å². The topological polar surface area (TPSA) is 75.6 Å². The maximum absolute atomic E-state index is 12.4. The molecule has 1 atom stereocenters. The molecule has 0 aliphatic heterocycles. The predicted molar refractivity (Wildman–Crippen MR) is 85.7 cm³/mol. The number of hydrogen-bond donors (Lipinski definition) is 2. The lowest BCUT2D eigenvalue weighted by atomic mass is 9.88. The van der Waals surface area contributed by atoms with Crippen molar-refractivity contribution in [2.24, 2.45) is 0 Å². The third-order valence-electron chi connectivity index (χ3n) is 4.80. The van der Waals surface area contributed by atoms with Crippen LogP contribution in [0.4, 0.5) is 0 Å². The van der Waals surface area contributed by atoms with Gasteiger partial charge < -0.3 is 15.2 Å². The van der Waals surface area contributed by atoms with Crippen molar-refractivity contribution in [2.45, 2.75) is 96.3 Å². The van der Waals surface area contributed by atoms with E-state index in [1.54, 1.807) is 6.92 Å². The number of carbonyl (C=O) groups excluding carboxylic acids is 1. The zero-order valence-corrected chi connectivity index (χ0v) is 14.2. The molecule has 0 radical (unpaired) electrons. The van der Waals surface area contributed by atoms with Crippen LogP contribution in [0.3, 0.4) is 0 Å². The molecule has 22 heavy (non-hydrogen) atoms. The zero-order chi connectivity index (χ0) is 16.6. The molecule has 0 spiro atoms. The van der Waals surface area contributed by atoms with Gasteiger partial charge in [0.1, 0.15) is 6.10 Å². The number of nitrogens with one attached hydrogen (secondary N) is 1. The minimum absolute atomic E-state index is 0.0537. The van der Waals surface area contributed by atoms with Crippen molar-refractivity contribution in [3.63, 3.8) is 0 Å². The molecule has 1 saturated carbocycles. The average molecular weight is 313 g/mol. The van der Waals surface area contributed by atoms with Gasteiger partial charge in [-0.1, -0.05) is 39.5 Å². The number of carboxylic acids is 1. The number of carboxylic acid groups (broad SMARTS) is 1. The summed E-state index contributed by atoms with van der Waals surface area (Å²) in [4.78, 5) is 23.4. The lowest BCUT2D eigenvalue weighted by Crippen LogP contribution is -2.52. The van der Waals surface area contributed by atoms with Crippen LogP contribution >= 0.6 is 0 Å². The summed E-state index contributed by atoms with van der Waals surface area (Å²) >= 11 is 0. The fourth-order valence-electron chi connectivity index (χ4n) is 3.10. The molecule has 0 saturated heterocycles. The molecule has 1 amide bonds. The van der Waals surface area contributed by atoms with Gasteiger partial charge in [-0.25, -0.2) is 0 Å². The first-order valence-electron chi connectivity index (χ1n) is 8.61. The minimum atomic E-state index is -0.888. The first-order chi connectivity index (χ1) is 10.4. The Morgan fingerprint density at radius 1 is 1.18 bits per heavy atom. The van der Waals surface area contributed by atoms with Gasteiger partial charge >= 0.3 is 5.97 Å². The van der Waals surface area contributed by atoms with Crippen LogP contribution in [0.1, 0.15) is 78.6 Å². The second-order valence-electron chi connectivity index (χ2n) is 6.44. The summed E-state index contributed by atoms with van der Waals surface area (Å²) in [6, 6.07) is 0. The highest BCUT2D eigenvalue weighted by Gasteiger charge is 2.33. The molecule has 1 rings (SSSR count). The Morgan fingerprint density at radius 3 is 2.18 bits per heavy atom. The van der Waals surface area contributed by atoms with Crippen LogP contribution in [0.25, 0.3) is 0 Å². The van der Waals surface area contributed by atoms with Crippen LogP contribution < -0.4 is 5.32 Å². The van der Waals surface area contributed by atoms with Crippen molar-refractivity contribution in [3.8, 4) is 0 Å². The smallest absolute Gasteiger partial charge is 0.305 e. The first-order valence-corrected chi connectivity index (χ1v) is 8.61. The van der Waals surface area contributed by atoms with E-state index in [0.29, 0.717) is 12.8 Å². The molecule has 1 aliphatic carbocycles. The molecule has 0 aromatic carbocycles. The van der Waals surface area contributed by atoms with E-state index < -0.39 is 17.6 Å². The fourth-order valence-corrected chi connectivity index (χ4v) is 3.10. The van der Waals surface area contributed by atoms with Gasteiger partial charge in [-0.3, -0.25) is 9.59 Å². The van der Waals surface area contributed by atoms with E-state index >= 15 is 0 Å². The third-order valence-corrected chi connectivity index (χ3v) is 4.80. The molecule has 0 bridgehead atoms. The maximum atomic E-state index is 12.4. The first kappa shape index (κ1) is 18.9. The number of ether oxygens (including phenoxy) is 1. The summed E-state index contributed by atoms with van der Waals surface area (Å²) in [7, 11) is 0. The van der Waals surface area contributed by atoms with Crippen LogP contribution in [0.5, 0.6) is 0 Å². The van der Waals surface area contributed by atoms with Gasteiger partial charge in [-0.2, -0.15) is 0 Å². The number of amides is 1. The molecule has 5 heteroatoms. The van der Waals surface area contributed by atoms with Gasteiger partial charge in [0, 0.05) is 0 Å². The van der Waals surface area contributed by atoms with Crippen molar-refractivity contribution in [3.05, 3.63) is 0 Å². The van der Waals surface area contributed by atoms with E-state index in [1.165, 1.54) is 12.8 Å². The van der Waals surface area contributed by atoms with Gasteiger partial charge in [0.2, 0.25) is 5.91 Å². The molecule has 1 aliphatic rings.